The van der Waals surface area contributed by atoms with Crippen LogP contribution in [0.4, 0.5) is 4.79 Å². The Kier molecular flexibility index (Phi) is 8.20. The van der Waals surface area contributed by atoms with Gasteiger partial charge < -0.3 is 19.5 Å². The van der Waals surface area contributed by atoms with Crippen molar-refractivity contribution in [1.29, 1.82) is 0 Å². The highest BCUT2D eigenvalue weighted by molar-refractivity contribution is 5.82. The first-order valence-corrected chi connectivity index (χ1v) is 7.42. The van der Waals surface area contributed by atoms with Crippen LogP contribution >= 0.6 is 0 Å². The predicted octanol–water partition coefficient (Wildman–Crippen LogP) is 2.05. The Hall–Kier alpha value is -2.57. The van der Waals surface area contributed by atoms with Crippen LogP contribution in [0.1, 0.15) is 26.7 Å². The van der Waals surface area contributed by atoms with Crippen molar-refractivity contribution in [3.8, 4) is 5.75 Å². The number of esters is 2. The van der Waals surface area contributed by atoms with Gasteiger partial charge in [0.2, 0.25) is 0 Å². The molecule has 1 N–H and O–H groups in total. The lowest BCUT2D eigenvalue weighted by Crippen LogP contribution is -2.43. The lowest BCUT2D eigenvalue weighted by atomic mass is 10.1. The molecule has 126 valence electrons. The van der Waals surface area contributed by atoms with Crippen LogP contribution in [-0.2, 0) is 19.1 Å². The Labute approximate surface area is 134 Å². The van der Waals surface area contributed by atoms with Crippen molar-refractivity contribution < 1.29 is 28.6 Å². The van der Waals surface area contributed by atoms with E-state index >= 15 is 0 Å². The van der Waals surface area contributed by atoms with Gasteiger partial charge in [-0.05, 0) is 32.4 Å². The zero-order chi connectivity index (χ0) is 17.1. The summed E-state index contributed by atoms with van der Waals surface area (Å²) < 4.78 is 14.7. The first-order chi connectivity index (χ1) is 11.1. The van der Waals surface area contributed by atoms with Crippen molar-refractivity contribution in [2.75, 3.05) is 13.2 Å². The zero-order valence-electron chi connectivity index (χ0n) is 13.2. The van der Waals surface area contributed by atoms with Crippen molar-refractivity contribution in [2.45, 2.75) is 32.7 Å². The predicted molar refractivity (Wildman–Crippen MR) is 81.9 cm³/mol. The Balaban J connectivity index is 2.59. The van der Waals surface area contributed by atoms with E-state index in [0.717, 1.165) is 0 Å². The Morgan fingerprint density at radius 3 is 2.30 bits per heavy atom. The fraction of sp³-hybridized carbons (Fsp3) is 0.438. The van der Waals surface area contributed by atoms with E-state index in [1.54, 1.807) is 44.2 Å². The van der Waals surface area contributed by atoms with E-state index in [2.05, 4.69) is 5.32 Å². The first kappa shape index (κ1) is 18.5. The monoisotopic (exact) mass is 323 g/mol. The van der Waals surface area contributed by atoms with Gasteiger partial charge in [-0.25, -0.2) is 9.59 Å². The number of ether oxygens (including phenoxy) is 3. The molecule has 0 bridgehead atoms. The summed E-state index contributed by atoms with van der Waals surface area (Å²) in [6.45, 7) is 3.77. The molecule has 7 nitrogen and oxygen atoms in total. The molecule has 0 heterocycles. The van der Waals surface area contributed by atoms with Crippen LogP contribution in [0.15, 0.2) is 30.3 Å². The summed E-state index contributed by atoms with van der Waals surface area (Å²) in [5.41, 5.74) is 0. The molecular formula is C16H21NO6. The van der Waals surface area contributed by atoms with Crippen molar-refractivity contribution in [1.82, 2.24) is 5.32 Å². The fourth-order valence-corrected chi connectivity index (χ4v) is 1.75. The highest BCUT2D eigenvalue weighted by Crippen LogP contribution is 2.09. The first-order valence-electron chi connectivity index (χ1n) is 7.42. The zero-order valence-corrected chi connectivity index (χ0v) is 13.2. The van der Waals surface area contributed by atoms with Gasteiger partial charge in [-0.1, -0.05) is 18.2 Å². The molecule has 0 aromatic heterocycles. The maximum absolute atomic E-state index is 11.9. The molecule has 1 atom stereocenters. The Bertz CT molecular complexity index is 517. The average molecular weight is 323 g/mol. The average Bonchev–Trinajstić information content (AvgIpc) is 2.52. The maximum Gasteiger partial charge on any atom is 0.413 e. The van der Waals surface area contributed by atoms with Crippen LogP contribution in [0.25, 0.3) is 0 Å². The third-order valence-electron chi connectivity index (χ3n) is 2.76. The maximum atomic E-state index is 11.9. The summed E-state index contributed by atoms with van der Waals surface area (Å²) in [6.07, 6.45) is -0.733. The van der Waals surface area contributed by atoms with Crippen LogP contribution < -0.4 is 10.1 Å². The van der Waals surface area contributed by atoms with Gasteiger partial charge in [0.25, 0.3) is 0 Å². The highest BCUT2D eigenvalue weighted by atomic mass is 16.6. The van der Waals surface area contributed by atoms with Gasteiger partial charge in [0.15, 0.2) is 0 Å². The van der Waals surface area contributed by atoms with E-state index < -0.39 is 24.1 Å². The summed E-state index contributed by atoms with van der Waals surface area (Å²) >= 11 is 0. The molecule has 1 aromatic carbocycles. The molecule has 0 aliphatic rings. The minimum Gasteiger partial charge on any atom is -0.466 e. The van der Waals surface area contributed by atoms with Crippen LogP contribution in [0, 0.1) is 0 Å². The van der Waals surface area contributed by atoms with Gasteiger partial charge in [0.05, 0.1) is 13.2 Å². The number of nitrogens with one attached hydrogen (secondary N) is 1. The van der Waals surface area contributed by atoms with Crippen LogP contribution in [0.2, 0.25) is 0 Å². The van der Waals surface area contributed by atoms with E-state index in [1.165, 1.54) is 0 Å². The SMILES string of the molecule is CCOC(=O)CC[C@H](NC(=O)Oc1ccccc1)C(=O)OCC. The minimum atomic E-state index is -0.976. The standard InChI is InChI=1S/C16H21NO6/c1-3-21-14(18)11-10-13(15(19)22-4-2)17-16(20)23-12-8-6-5-7-9-12/h5-9,13H,3-4,10-11H2,1-2H3,(H,17,20)/t13-/m0/s1. The molecule has 0 saturated heterocycles. The van der Waals surface area contributed by atoms with Gasteiger partial charge in [0, 0.05) is 6.42 Å². The minimum absolute atomic E-state index is 0.0110. The molecule has 0 saturated carbocycles. The third kappa shape index (κ3) is 7.30. The number of amides is 1. The van der Waals surface area contributed by atoms with Crippen molar-refractivity contribution >= 4 is 18.0 Å². The number of benzene rings is 1. The number of carbonyl (C=O) groups excluding carboxylic acids is 3. The molecule has 0 radical (unpaired) electrons. The van der Waals surface area contributed by atoms with E-state index in [9.17, 15) is 14.4 Å². The molecule has 1 rings (SSSR count). The number of hydrogen-bond donors (Lipinski definition) is 1. The molecule has 0 spiro atoms. The summed E-state index contributed by atoms with van der Waals surface area (Å²) in [5.74, 6) is -0.722. The van der Waals surface area contributed by atoms with Crippen LogP contribution in [0.3, 0.4) is 0 Å². The van der Waals surface area contributed by atoms with Crippen molar-refractivity contribution in [2.24, 2.45) is 0 Å². The topological polar surface area (TPSA) is 90.9 Å². The Morgan fingerprint density at radius 1 is 1.04 bits per heavy atom. The molecule has 0 aliphatic carbocycles. The largest absolute Gasteiger partial charge is 0.466 e. The Morgan fingerprint density at radius 2 is 1.70 bits per heavy atom. The van der Waals surface area contributed by atoms with E-state index in [1.807, 2.05) is 0 Å². The van der Waals surface area contributed by atoms with Crippen LogP contribution in [0.5, 0.6) is 5.75 Å². The quantitative estimate of drug-likeness (QED) is 0.736. The van der Waals surface area contributed by atoms with Gasteiger partial charge in [-0.3, -0.25) is 4.79 Å². The molecule has 0 fully saturated rings. The number of hydrogen-bond acceptors (Lipinski definition) is 6. The number of para-hydroxylation sites is 1. The van der Waals surface area contributed by atoms with Crippen molar-refractivity contribution in [3.05, 3.63) is 30.3 Å². The molecular weight excluding hydrogens is 302 g/mol. The summed E-state index contributed by atoms with van der Waals surface area (Å²) in [5, 5.41) is 2.40. The lowest BCUT2D eigenvalue weighted by molar-refractivity contribution is -0.146. The van der Waals surface area contributed by atoms with Gasteiger partial charge in [-0.15, -0.1) is 0 Å². The second-order valence-corrected chi connectivity index (χ2v) is 4.50. The second-order valence-electron chi connectivity index (χ2n) is 4.50. The van der Waals surface area contributed by atoms with Gasteiger partial charge in [-0.2, -0.15) is 0 Å². The van der Waals surface area contributed by atoms with E-state index in [0.29, 0.717) is 5.75 Å². The molecule has 0 unspecified atom stereocenters. The highest BCUT2D eigenvalue weighted by Gasteiger charge is 2.24. The fourth-order valence-electron chi connectivity index (χ4n) is 1.75. The molecule has 0 aliphatic heterocycles. The lowest BCUT2D eigenvalue weighted by Gasteiger charge is -2.16. The van der Waals surface area contributed by atoms with E-state index in [-0.39, 0.29) is 26.1 Å². The second kappa shape index (κ2) is 10.2. The smallest absolute Gasteiger partial charge is 0.413 e. The number of carbonyl (C=O) groups is 3. The molecule has 23 heavy (non-hydrogen) atoms. The van der Waals surface area contributed by atoms with Crippen LogP contribution in [-0.4, -0.2) is 37.3 Å². The molecule has 7 heteroatoms. The normalized spacial score (nSPS) is 11.2. The van der Waals surface area contributed by atoms with Gasteiger partial charge >= 0.3 is 18.0 Å². The van der Waals surface area contributed by atoms with Crippen molar-refractivity contribution in [3.63, 3.8) is 0 Å². The molecule has 1 amide bonds. The summed E-state index contributed by atoms with van der Waals surface area (Å²) in [7, 11) is 0. The summed E-state index contributed by atoms with van der Waals surface area (Å²) in [4.78, 5) is 35.1. The third-order valence-corrected chi connectivity index (χ3v) is 2.76. The van der Waals surface area contributed by atoms with Gasteiger partial charge in [0.1, 0.15) is 11.8 Å². The van der Waals surface area contributed by atoms with E-state index in [4.69, 9.17) is 14.2 Å². The molecule has 1 aromatic rings. The number of rotatable bonds is 8. The summed E-state index contributed by atoms with van der Waals surface area (Å²) in [6, 6.07) is 7.45.